The first-order valence-corrected chi connectivity index (χ1v) is 5.44. The molecule has 1 heterocycles. The van der Waals surface area contributed by atoms with Crippen LogP contribution in [0.3, 0.4) is 0 Å². The van der Waals surface area contributed by atoms with Crippen molar-refractivity contribution in [3.63, 3.8) is 0 Å². The van der Waals surface area contributed by atoms with E-state index in [2.05, 4.69) is 0 Å². The molecule has 0 saturated carbocycles. The van der Waals surface area contributed by atoms with Crippen molar-refractivity contribution < 1.29 is 20.1 Å². The Hall–Kier alpha value is 0.190. The van der Waals surface area contributed by atoms with E-state index in [0.29, 0.717) is 0 Å². The molecule has 0 radical (unpaired) electrons. The Kier molecular flexibility index (Phi) is 4.00. The van der Waals surface area contributed by atoms with Crippen LogP contribution in [-0.2, 0) is 4.74 Å². The maximum atomic E-state index is 9.50. The van der Waals surface area contributed by atoms with Gasteiger partial charge < -0.3 is 20.1 Å². The zero-order valence-electron chi connectivity index (χ0n) is 7.75. The molecule has 1 aliphatic rings. The largest absolute Gasteiger partial charge is 0.388 e. The van der Waals surface area contributed by atoms with Crippen LogP contribution in [0.5, 0.6) is 0 Å². The number of aliphatic hydroxyl groups excluding tert-OH is 3. The van der Waals surface area contributed by atoms with Gasteiger partial charge in [0, 0.05) is 0 Å². The Morgan fingerprint density at radius 1 is 1.15 bits per heavy atom. The lowest BCUT2D eigenvalue weighted by atomic mass is 10.0. The summed E-state index contributed by atoms with van der Waals surface area (Å²) >= 11 is 1.43. The fourth-order valence-electron chi connectivity index (χ4n) is 1.32. The van der Waals surface area contributed by atoms with Crippen LogP contribution in [0.1, 0.15) is 13.8 Å². The molecule has 0 aromatic rings. The second-order valence-corrected chi connectivity index (χ2v) is 4.51. The second-order valence-electron chi connectivity index (χ2n) is 3.14. The zero-order chi connectivity index (χ0) is 10.0. The van der Waals surface area contributed by atoms with E-state index in [0.717, 1.165) is 5.75 Å². The lowest BCUT2D eigenvalue weighted by Crippen LogP contribution is -2.55. The molecule has 3 N–H and O–H groups in total. The van der Waals surface area contributed by atoms with Gasteiger partial charge >= 0.3 is 0 Å². The topological polar surface area (TPSA) is 69.9 Å². The van der Waals surface area contributed by atoms with Gasteiger partial charge in [-0.1, -0.05) is 6.92 Å². The van der Waals surface area contributed by atoms with Crippen molar-refractivity contribution >= 4 is 11.8 Å². The first kappa shape index (κ1) is 11.3. The lowest BCUT2D eigenvalue weighted by molar-refractivity contribution is -0.192. The average molecular weight is 208 g/mol. The van der Waals surface area contributed by atoms with Crippen molar-refractivity contribution in [2.24, 2.45) is 0 Å². The molecule has 0 bridgehead atoms. The molecule has 0 aromatic heterocycles. The van der Waals surface area contributed by atoms with E-state index < -0.39 is 29.9 Å². The normalized spacial score (nSPS) is 46.4. The van der Waals surface area contributed by atoms with Crippen molar-refractivity contribution in [3.8, 4) is 0 Å². The molecule has 1 aliphatic heterocycles. The standard InChI is InChI=1S/C8H16O4S/c1-3-13-8-7(11)6(10)5(9)4(2)12-8/h4-11H,3H2,1-2H3. The van der Waals surface area contributed by atoms with Gasteiger partial charge in [-0.3, -0.25) is 0 Å². The second kappa shape index (κ2) is 4.61. The molecule has 4 nitrogen and oxygen atoms in total. The zero-order valence-corrected chi connectivity index (χ0v) is 8.57. The summed E-state index contributed by atoms with van der Waals surface area (Å²) in [4.78, 5) is 0. The summed E-state index contributed by atoms with van der Waals surface area (Å²) in [7, 11) is 0. The molecule has 0 aromatic carbocycles. The third kappa shape index (κ3) is 2.35. The Bertz CT molecular complexity index is 166. The fraction of sp³-hybridized carbons (Fsp3) is 1.00. The van der Waals surface area contributed by atoms with Crippen LogP contribution in [0.25, 0.3) is 0 Å². The number of ether oxygens (including phenoxy) is 1. The molecule has 0 aliphatic carbocycles. The number of thioether (sulfide) groups is 1. The van der Waals surface area contributed by atoms with Gasteiger partial charge in [0.15, 0.2) is 0 Å². The highest BCUT2D eigenvalue weighted by Gasteiger charge is 2.41. The van der Waals surface area contributed by atoms with Gasteiger partial charge in [-0.2, -0.15) is 0 Å². The van der Waals surface area contributed by atoms with Gasteiger partial charge in [0.1, 0.15) is 23.7 Å². The minimum atomic E-state index is -1.10. The van der Waals surface area contributed by atoms with E-state index in [9.17, 15) is 15.3 Å². The smallest absolute Gasteiger partial charge is 0.132 e. The molecular formula is C8H16O4S. The van der Waals surface area contributed by atoms with Gasteiger partial charge in [0.25, 0.3) is 0 Å². The van der Waals surface area contributed by atoms with E-state index >= 15 is 0 Å². The molecule has 13 heavy (non-hydrogen) atoms. The molecule has 78 valence electrons. The van der Waals surface area contributed by atoms with Gasteiger partial charge in [-0.25, -0.2) is 0 Å². The lowest BCUT2D eigenvalue weighted by Gasteiger charge is -2.38. The van der Waals surface area contributed by atoms with Crippen LogP contribution >= 0.6 is 11.8 Å². The number of rotatable bonds is 2. The summed E-state index contributed by atoms with van der Waals surface area (Å²) in [6.45, 7) is 3.63. The predicted octanol–water partition coefficient (Wildman–Crippen LogP) is -0.433. The van der Waals surface area contributed by atoms with Crippen molar-refractivity contribution in [2.45, 2.75) is 43.7 Å². The van der Waals surface area contributed by atoms with Crippen LogP contribution in [-0.4, -0.2) is 50.9 Å². The molecular weight excluding hydrogens is 192 g/mol. The third-order valence-electron chi connectivity index (χ3n) is 2.14. The van der Waals surface area contributed by atoms with Crippen molar-refractivity contribution in [2.75, 3.05) is 5.75 Å². The van der Waals surface area contributed by atoms with E-state index in [1.54, 1.807) is 6.92 Å². The summed E-state index contributed by atoms with van der Waals surface area (Å²) < 4.78 is 5.32. The Labute approximate surface area is 81.9 Å². The Balaban J connectivity index is 2.59. The monoisotopic (exact) mass is 208 g/mol. The minimum Gasteiger partial charge on any atom is -0.388 e. The highest BCUT2D eigenvalue weighted by molar-refractivity contribution is 7.99. The first-order chi connectivity index (χ1) is 6.07. The molecule has 5 atom stereocenters. The predicted molar refractivity (Wildman–Crippen MR) is 50.5 cm³/mol. The van der Waals surface area contributed by atoms with Crippen LogP contribution < -0.4 is 0 Å². The van der Waals surface area contributed by atoms with E-state index in [-0.39, 0.29) is 0 Å². The summed E-state index contributed by atoms with van der Waals surface area (Å²) in [6, 6.07) is 0. The molecule has 5 unspecified atom stereocenters. The summed E-state index contributed by atoms with van der Waals surface area (Å²) in [6.07, 6.45) is -3.53. The van der Waals surface area contributed by atoms with Crippen molar-refractivity contribution in [3.05, 3.63) is 0 Å². The highest BCUT2D eigenvalue weighted by atomic mass is 32.2. The Morgan fingerprint density at radius 3 is 2.31 bits per heavy atom. The van der Waals surface area contributed by atoms with Gasteiger partial charge in [-0.05, 0) is 12.7 Å². The molecule has 0 spiro atoms. The van der Waals surface area contributed by atoms with Crippen LogP contribution in [0, 0.1) is 0 Å². The summed E-state index contributed by atoms with van der Waals surface area (Å²) in [5.74, 6) is 0.803. The molecule has 1 saturated heterocycles. The van der Waals surface area contributed by atoms with Gasteiger partial charge in [0.2, 0.25) is 0 Å². The minimum absolute atomic E-state index is 0.428. The van der Waals surface area contributed by atoms with E-state index in [1.807, 2.05) is 6.92 Å². The van der Waals surface area contributed by atoms with E-state index in [4.69, 9.17) is 4.74 Å². The van der Waals surface area contributed by atoms with Gasteiger partial charge in [0.05, 0.1) is 6.10 Å². The molecule has 5 heteroatoms. The highest BCUT2D eigenvalue weighted by Crippen LogP contribution is 2.27. The SMILES string of the molecule is CCSC1OC(C)C(O)C(O)C1O. The van der Waals surface area contributed by atoms with Crippen molar-refractivity contribution in [1.29, 1.82) is 0 Å². The van der Waals surface area contributed by atoms with E-state index in [1.165, 1.54) is 11.8 Å². The molecule has 1 fully saturated rings. The Morgan fingerprint density at radius 2 is 1.77 bits per heavy atom. The number of hydrogen-bond acceptors (Lipinski definition) is 5. The quantitative estimate of drug-likeness (QED) is 0.574. The van der Waals surface area contributed by atoms with Crippen LogP contribution in [0.15, 0.2) is 0 Å². The molecule has 1 rings (SSSR count). The third-order valence-corrected chi connectivity index (χ3v) is 3.19. The number of aliphatic hydroxyl groups is 3. The summed E-state index contributed by atoms with van der Waals surface area (Å²) in [5, 5.41) is 28.3. The molecule has 0 amide bonds. The van der Waals surface area contributed by atoms with Gasteiger partial charge in [-0.15, -0.1) is 11.8 Å². The van der Waals surface area contributed by atoms with Crippen LogP contribution in [0.2, 0.25) is 0 Å². The van der Waals surface area contributed by atoms with Crippen molar-refractivity contribution in [1.82, 2.24) is 0 Å². The van der Waals surface area contributed by atoms with Crippen LogP contribution in [0.4, 0.5) is 0 Å². The average Bonchev–Trinajstić information content (AvgIpc) is 2.11. The fourth-order valence-corrected chi connectivity index (χ4v) is 2.26. The first-order valence-electron chi connectivity index (χ1n) is 4.39. The summed E-state index contributed by atoms with van der Waals surface area (Å²) in [5.41, 5.74) is -0.432. The maximum Gasteiger partial charge on any atom is 0.132 e. The maximum absolute atomic E-state index is 9.50. The number of hydrogen-bond donors (Lipinski definition) is 3.